The van der Waals surface area contributed by atoms with Crippen LogP contribution < -0.4 is 5.48 Å². The van der Waals surface area contributed by atoms with Crippen LogP contribution in [0.5, 0.6) is 0 Å². The lowest BCUT2D eigenvalue weighted by Gasteiger charge is -2.09. The third-order valence-corrected chi connectivity index (χ3v) is 2.74. The second-order valence-electron chi connectivity index (χ2n) is 4.11. The molecule has 0 aromatic carbocycles. The zero-order chi connectivity index (χ0) is 11.9. The van der Waals surface area contributed by atoms with Crippen LogP contribution in [-0.2, 0) is 9.63 Å². The van der Waals surface area contributed by atoms with Crippen LogP contribution in [0.2, 0.25) is 0 Å². The molecule has 0 spiro atoms. The van der Waals surface area contributed by atoms with Gasteiger partial charge in [-0.05, 0) is 30.5 Å². The van der Waals surface area contributed by atoms with Crippen LogP contribution in [0.15, 0.2) is 30.6 Å². The molecule has 1 fully saturated rings. The number of rotatable bonds is 4. The van der Waals surface area contributed by atoms with Crippen molar-refractivity contribution in [3.05, 3.63) is 36.2 Å². The second kappa shape index (κ2) is 6.15. The van der Waals surface area contributed by atoms with Crippen molar-refractivity contribution in [1.29, 1.82) is 0 Å². The molecule has 90 valence electrons. The molecule has 1 N–H and O–H groups in total. The smallest absolute Gasteiger partial charge is 0.267 e. The molecule has 0 saturated heterocycles. The average molecular weight is 232 g/mol. The second-order valence-corrected chi connectivity index (χ2v) is 4.11. The number of hydrogen-bond donors (Lipinski definition) is 1. The number of carbonyl (C=O) groups excluding carboxylic acids is 1. The number of aromatic nitrogens is 1. The van der Waals surface area contributed by atoms with Gasteiger partial charge in [-0.1, -0.05) is 18.9 Å². The maximum absolute atomic E-state index is 11.4. The van der Waals surface area contributed by atoms with Gasteiger partial charge in [0.25, 0.3) is 5.91 Å². The zero-order valence-electron chi connectivity index (χ0n) is 9.63. The SMILES string of the molecule is O=C(/C=C/c1cccnc1)NOC1CCCC1. The summed E-state index contributed by atoms with van der Waals surface area (Å²) in [5.41, 5.74) is 3.34. The zero-order valence-corrected chi connectivity index (χ0v) is 9.63. The number of amides is 1. The molecule has 1 aliphatic carbocycles. The van der Waals surface area contributed by atoms with E-state index < -0.39 is 0 Å². The van der Waals surface area contributed by atoms with E-state index in [2.05, 4.69) is 10.5 Å². The van der Waals surface area contributed by atoms with E-state index in [0.29, 0.717) is 0 Å². The largest absolute Gasteiger partial charge is 0.270 e. The molecule has 17 heavy (non-hydrogen) atoms. The molecule has 1 aromatic heterocycles. The molecule has 4 nitrogen and oxygen atoms in total. The van der Waals surface area contributed by atoms with E-state index in [1.807, 2.05) is 12.1 Å². The summed E-state index contributed by atoms with van der Waals surface area (Å²) in [6.07, 6.45) is 11.2. The molecule has 1 saturated carbocycles. The minimum absolute atomic E-state index is 0.186. The highest BCUT2D eigenvalue weighted by atomic mass is 16.7. The van der Waals surface area contributed by atoms with Gasteiger partial charge >= 0.3 is 0 Å². The molecule has 0 unspecified atom stereocenters. The van der Waals surface area contributed by atoms with Gasteiger partial charge in [0.2, 0.25) is 0 Å². The highest BCUT2D eigenvalue weighted by Crippen LogP contribution is 2.19. The first-order valence-corrected chi connectivity index (χ1v) is 5.88. The lowest BCUT2D eigenvalue weighted by Crippen LogP contribution is -2.26. The van der Waals surface area contributed by atoms with Crippen molar-refractivity contribution in [3.63, 3.8) is 0 Å². The number of pyridine rings is 1. The Hall–Kier alpha value is -1.68. The Morgan fingerprint density at radius 3 is 3.00 bits per heavy atom. The van der Waals surface area contributed by atoms with E-state index in [0.717, 1.165) is 18.4 Å². The van der Waals surface area contributed by atoms with Crippen LogP contribution in [-0.4, -0.2) is 17.0 Å². The first-order valence-electron chi connectivity index (χ1n) is 5.88. The minimum Gasteiger partial charge on any atom is -0.270 e. The minimum atomic E-state index is -0.235. The first kappa shape index (κ1) is 11.8. The Morgan fingerprint density at radius 1 is 1.47 bits per heavy atom. The van der Waals surface area contributed by atoms with Crippen molar-refractivity contribution in [2.75, 3.05) is 0 Å². The van der Waals surface area contributed by atoms with Crippen LogP contribution in [0.1, 0.15) is 31.2 Å². The highest BCUT2D eigenvalue weighted by molar-refractivity contribution is 5.90. The van der Waals surface area contributed by atoms with Crippen molar-refractivity contribution in [3.8, 4) is 0 Å². The van der Waals surface area contributed by atoms with E-state index in [1.165, 1.54) is 18.9 Å². The normalized spacial score (nSPS) is 16.5. The van der Waals surface area contributed by atoms with E-state index in [1.54, 1.807) is 18.5 Å². The van der Waals surface area contributed by atoms with Gasteiger partial charge in [-0.3, -0.25) is 14.6 Å². The van der Waals surface area contributed by atoms with Gasteiger partial charge < -0.3 is 0 Å². The molecule has 0 aliphatic heterocycles. The van der Waals surface area contributed by atoms with Crippen molar-refractivity contribution < 1.29 is 9.63 Å². The Bertz CT molecular complexity index is 384. The number of nitrogens with zero attached hydrogens (tertiary/aromatic N) is 1. The van der Waals surface area contributed by atoms with Gasteiger partial charge in [0, 0.05) is 18.5 Å². The highest BCUT2D eigenvalue weighted by Gasteiger charge is 2.16. The topological polar surface area (TPSA) is 51.2 Å². The van der Waals surface area contributed by atoms with Crippen LogP contribution >= 0.6 is 0 Å². The molecular weight excluding hydrogens is 216 g/mol. The van der Waals surface area contributed by atoms with Gasteiger partial charge in [-0.15, -0.1) is 0 Å². The predicted octanol–water partition coefficient (Wildman–Crippen LogP) is 2.09. The number of hydroxylamine groups is 1. The van der Waals surface area contributed by atoms with Gasteiger partial charge in [-0.2, -0.15) is 0 Å². The van der Waals surface area contributed by atoms with Crippen LogP contribution in [0.25, 0.3) is 6.08 Å². The maximum atomic E-state index is 11.4. The Morgan fingerprint density at radius 2 is 2.29 bits per heavy atom. The van der Waals surface area contributed by atoms with Gasteiger partial charge in [0.1, 0.15) is 0 Å². The molecule has 0 bridgehead atoms. The monoisotopic (exact) mass is 232 g/mol. The molecule has 1 aromatic rings. The molecule has 1 heterocycles. The molecule has 4 heteroatoms. The van der Waals surface area contributed by atoms with Gasteiger partial charge in [0.15, 0.2) is 0 Å². The average Bonchev–Trinajstić information content (AvgIpc) is 2.88. The van der Waals surface area contributed by atoms with E-state index >= 15 is 0 Å². The van der Waals surface area contributed by atoms with Crippen LogP contribution in [0.3, 0.4) is 0 Å². The molecule has 1 amide bonds. The fourth-order valence-electron chi connectivity index (χ4n) is 1.83. The third kappa shape index (κ3) is 4.00. The molecular formula is C13H16N2O2. The molecule has 0 atom stereocenters. The Balaban J connectivity index is 1.75. The van der Waals surface area contributed by atoms with Crippen molar-refractivity contribution in [2.45, 2.75) is 31.8 Å². The maximum Gasteiger partial charge on any atom is 0.267 e. The van der Waals surface area contributed by atoms with Crippen LogP contribution in [0, 0.1) is 0 Å². The Labute approximate surface area is 101 Å². The lowest BCUT2D eigenvalue weighted by molar-refractivity contribution is -0.132. The van der Waals surface area contributed by atoms with Crippen molar-refractivity contribution in [1.82, 2.24) is 10.5 Å². The standard InChI is InChI=1S/C13H16N2O2/c16-13(15-17-12-5-1-2-6-12)8-7-11-4-3-9-14-10-11/h3-4,7-10,12H,1-2,5-6H2,(H,15,16)/b8-7+. The molecule has 1 aliphatic rings. The first-order chi connectivity index (χ1) is 8.34. The van der Waals surface area contributed by atoms with Crippen LogP contribution in [0.4, 0.5) is 0 Å². The summed E-state index contributed by atoms with van der Waals surface area (Å²) in [6.45, 7) is 0. The summed E-state index contributed by atoms with van der Waals surface area (Å²) in [4.78, 5) is 20.7. The summed E-state index contributed by atoms with van der Waals surface area (Å²) < 4.78 is 0. The third-order valence-electron chi connectivity index (χ3n) is 2.74. The van der Waals surface area contributed by atoms with E-state index in [4.69, 9.17) is 4.84 Å². The van der Waals surface area contributed by atoms with Gasteiger partial charge in [0.05, 0.1) is 6.10 Å². The number of hydrogen-bond acceptors (Lipinski definition) is 3. The predicted molar refractivity (Wildman–Crippen MR) is 64.8 cm³/mol. The molecule has 0 radical (unpaired) electrons. The summed E-state index contributed by atoms with van der Waals surface area (Å²) in [5.74, 6) is -0.235. The fraction of sp³-hybridized carbons (Fsp3) is 0.385. The fourth-order valence-corrected chi connectivity index (χ4v) is 1.83. The quantitative estimate of drug-likeness (QED) is 0.638. The summed E-state index contributed by atoms with van der Waals surface area (Å²) in [7, 11) is 0. The van der Waals surface area contributed by atoms with E-state index in [-0.39, 0.29) is 12.0 Å². The van der Waals surface area contributed by atoms with E-state index in [9.17, 15) is 4.79 Å². The molecule has 2 rings (SSSR count). The number of carbonyl (C=O) groups is 1. The summed E-state index contributed by atoms with van der Waals surface area (Å²) >= 11 is 0. The summed E-state index contributed by atoms with van der Waals surface area (Å²) in [6, 6.07) is 3.71. The van der Waals surface area contributed by atoms with Crippen molar-refractivity contribution in [2.24, 2.45) is 0 Å². The Kier molecular flexibility index (Phi) is 4.27. The lowest BCUT2D eigenvalue weighted by atomic mass is 10.2. The number of nitrogens with one attached hydrogen (secondary N) is 1. The van der Waals surface area contributed by atoms with Gasteiger partial charge in [-0.25, -0.2) is 5.48 Å². The van der Waals surface area contributed by atoms with Crippen molar-refractivity contribution >= 4 is 12.0 Å². The summed E-state index contributed by atoms with van der Waals surface area (Å²) in [5, 5.41) is 0.